The van der Waals surface area contributed by atoms with Crippen molar-refractivity contribution in [3.63, 3.8) is 0 Å². The van der Waals surface area contributed by atoms with Crippen molar-refractivity contribution in [2.24, 2.45) is 0 Å². The van der Waals surface area contributed by atoms with Crippen molar-refractivity contribution in [2.45, 2.75) is 20.0 Å². The summed E-state index contributed by atoms with van der Waals surface area (Å²) < 4.78 is 5.04. The molecule has 2 rings (SSSR count). The number of esters is 1. The molecule has 8 heteroatoms. The lowest BCUT2D eigenvalue weighted by molar-refractivity contribution is -0.144. The second-order valence-corrected chi connectivity index (χ2v) is 5.99. The SMILES string of the molecule is CCOC(=O)CN1CCNCCN(CC(=O)O)Cc2cccc(n2)C1. The highest BCUT2D eigenvalue weighted by atomic mass is 16.5. The molecule has 0 aliphatic carbocycles. The number of hydrogen-bond acceptors (Lipinski definition) is 7. The van der Waals surface area contributed by atoms with E-state index in [1.807, 2.05) is 28.0 Å². The van der Waals surface area contributed by atoms with Gasteiger partial charge in [0.1, 0.15) is 0 Å². The Labute approximate surface area is 147 Å². The fourth-order valence-corrected chi connectivity index (χ4v) is 2.77. The molecule has 1 aromatic heterocycles. The van der Waals surface area contributed by atoms with Crippen LogP contribution in [0.1, 0.15) is 18.3 Å². The monoisotopic (exact) mass is 350 g/mol. The first-order chi connectivity index (χ1) is 12.1. The molecule has 1 aliphatic heterocycles. The Morgan fingerprint density at radius 2 is 1.76 bits per heavy atom. The van der Waals surface area contributed by atoms with Crippen molar-refractivity contribution in [3.05, 3.63) is 29.6 Å². The highest BCUT2D eigenvalue weighted by Gasteiger charge is 2.16. The van der Waals surface area contributed by atoms with E-state index in [0.717, 1.165) is 11.4 Å². The summed E-state index contributed by atoms with van der Waals surface area (Å²) in [6, 6.07) is 5.73. The topological polar surface area (TPSA) is 95.0 Å². The van der Waals surface area contributed by atoms with Crippen molar-refractivity contribution in [2.75, 3.05) is 45.9 Å². The number of aromatic nitrogens is 1. The Kier molecular flexibility index (Phi) is 7.77. The number of aliphatic carboxylic acids is 1. The Morgan fingerprint density at radius 1 is 1.16 bits per heavy atom. The molecule has 2 bridgehead atoms. The van der Waals surface area contributed by atoms with Gasteiger partial charge in [0.25, 0.3) is 0 Å². The Bertz CT molecular complexity index is 582. The molecule has 25 heavy (non-hydrogen) atoms. The second kappa shape index (κ2) is 10.1. The van der Waals surface area contributed by atoms with E-state index in [1.165, 1.54) is 0 Å². The highest BCUT2D eigenvalue weighted by molar-refractivity contribution is 5.71. The van der Waals surface area contributed by atoms with Crippen molar-refractivity contribution < 1.29 is 19.4 Å². The first-order valence-corrected chi connectivity index (χ1v) is 8.54. The molecule has 1 aliphatic rings. The van der Waals surface area contributed by atoms with E-state index in [4.69, 9.17) is 9.84 Å². The van der Waals surface area contributed by atoms with Gasteiger partial charge in [-0.3, -0.25) is 24.4 Å². The van der Waals surface area contributed by atoms with Crippen LogP contribution in [0.4, 0.5) is 0 Å². The molecular formula is C17H26N4O4. The molecule has 0 amide bonds. The third kappa shape index (κ3) is 7.16. The van der Waals surface area contributed by atoms with Crippen LogP contribution in [0.15, 0.2) is 18.2 Å². The fraction of sp³-hybridized carbons (Fsp3) is 0.588. The van der Waals surface area contributed by atoms with Crippen LogP contribution in [-0.4, -0.2) is 77.7 Å². The van der Waals surface area contributed by atoms with Crippen LogP contribution in [0.3, 0.4) is 0 Å². The maximum absolute atomic E-state index is 11.8. The van der Waals surface area contributed by atoms with Gasteiger partial charge in [0, 0.05) is 39.3 Å². The van der Waals surface area contributed by atoms with E-state index in [2.05, 4.69) is 10.3 Å². The molecule has 1 aromatic rings. The molecular weight excluding hydrogens is 324 g/mol. The van der Waals surface area contributed by atoms with Gasteiger partial charge < -0.3 is 15.2 Å². The van der Waals surface area contributed by atoms with Crippen LogP contribution < -0.4 is 5.32 Å². The Hall–Kier alpha value is -2.03. The standard InChI is InChI=1S/C17H26N4O4/c1-2-25-17(24)13-21-9-7-18-6-8-20(12-16(22)23)10-14-4-3-5-15(11-21)19-14/h3-5,18H,2,6-13H2,1H3,(H,22,23). The van der Waals surface area contributed by atoms with Crippen LogP contribution in [-0.2, 0) is 27.4 Å². The molecule has 0 aromatic carbocycles. The lowest BCUT2D eigenvalue weighted by Crippen LogP contribution is -2.40. The molecule has 0 radical (unpaired) electrons. The first-order valence-electron chi connectivity index (χ1n) is 8.54. The summed E-state index contributed by atoms with van der Waals surface area (Å²) in [6.07, 6.45) is 0. The number of ether oxygens (including phenoxy) is 1. The fourth-order valence-electron chi connectivity index (χ4n) is 2.77. The van der Waals surface area contributed by atoms with Crippen LogP contribution in [0, 0.1) is 0 Å². The summed E-state index contributed by atoms with van der Waals surface area (Å²) >= 11 is 0. The summed E-state index contributed by atoms with van der Waals surface area (Å²) in [6.45, 7) is 6.11. The molecule has 0 spiro atoms. The third-order valence-electron chi connectivity index (χ3n) is 3.86. The summed E-state index contributed by atoms with van der Waals surface area (Å²) in [5, 5.41) is 12.4. The van der Waals surface area contributed by atoms with Crippen LogP contribution in [0.5, 0.6) is 0 Å². The molecule has 2 N–H and O–H groups in total. The number of nitrogens with one attached hydrogen (secondary N) is 1. The third-order valence-corrected chi connectivity index (χ3v) is 3.86. The van der Waals surface area contributed by atoms with Gasteiger partial charge in [-0.05, 0) is 19.1 Å². The number of carboxylic acid groups (broad SMARTS) is 1. The molecule has 0 unspecified atom stereocenters. The number of carbonyl (C=O) groups is 2. The normalized spacial score (nSPS) is 17.3. The van der Waals surface area contributed by atoms with Crippen molar-refractivity contribution >= 4 is 11.9 Å². The largest absolute Gasteiger partial charge is 0.480 e. The van der Waals surface area contributed by atoms with Gasteiger partial charge in [-0.2, -0.15) is 0 Å². The Morgan fingerprint density at radius 3 is 2.32 bits per heavy atom. The zero-order valence-corrected chi connectivity index (χ0v) is 14.6. The number of fused-ring (bicyclic) bond motifs is 2. The number of pyridine rings is 1. The van der Waals surface area contributed by atoms with Crippen molar-refractivity contribution in [3.8, 4) is 0 Å². The number of rotatable bonds is 5. The van der Waals surface area contributed by atoms with Crippen LogP contribution in [0.25, 0.3) is 0 Å². The van der Waals surface area contributed by atoms with E-state index in [0.29, 0.717) is 45.9 Å². The minimum atomic E-state index is -0.844. The van der Waals surface area contributed by atoms with E-state index in [1.54, 1.807) is 6.92 Å². The van der Waals surface area contributed by atoms with Crippen LogP contribution in [0.2, 0.25) is 0 Å². The molecule has 0 saturated carbocycles. The van der Waals surface area contributed by atoms with E-state index >= 15 is 0 Å². The van der Waals surface area contributed by atoms with Gasteiger partial charge in [-0.25, -0.2) is 0 Å². The second-order valence-electron chi connectivity index (χ2n) is 5.99. The molecule has 8 nitrogen and oxygen atoms in total. The van der Waals surface area contributed by atoms with Gasteiger partial charge >= 0.3 is 11.9 Å². The van der Waals surface area contributed by atoms with Crippen LogP contribution >= 0.6 is 0 Å². The van der Waals surface area contributed by atoms with Gasteiger partial charge in [0.05, 0.1) is 31.1 Å². The molecule has 0 atom stereocenters. The Balaban J connectivity index is 2.10. The maximum Gasteiger partial charge on any atom is 0.320 e. The lowest BCUT2D eigenvalue weighted by Gasteiger charge is -2.24. The number of carbonyl (C=O) groups excluding carboxylic acids is 1. The zero-order valence-electron chi connectivity index (χ0n) is 14.6. The molecule has 0 saturated heterocycles. The van der Waals surface area contributed by atoms with Gasteiger partial charge in [-0.1, -0.05) is 6.07 Å². The van der Waals surface area contributed by atoms with E-state index < -0.39 is 5.97 Å². The van der Waals surface area contributed by atoms with Gasteiger partial charge in [-0.15, -0.1) is 0 Å². The van der Waals surface area contributed by atoms with Gasteiger partial charge in [0.2, 0.25) is 0 Å². The summed E-state index contributed by atoms with van der Waals surface area (Å²) in [4.78, 5) is 31.3. The quantitative estimate of drug-likeness (QED) is 0.713. The van der Waals surface area contributed by atoms with E-state index in [9.17, 15) is 9.59 Å². The summed E-state index contributed by atoms with van der Waals surface area (Å²) in [5.74, 6) is -1.08. The molecule has 0 fully saturated rings. The van der Waals surface area contributed by atoms with Gasteiger partial charge in [0.15, 0.2) is 0 Å². The average molecular weight is 350 g/mol. The minimum absolute atomic E-state index is 0.0113. The number of nitrogens with zero attached hydrogens (tertiary/aromatic N) is 3. The predicted molar refractivity (Wildman–Crippen MR) is 91.9 cm³/mol. The molecule has 138 valence electrons. The first kappa shape index (κ1) is 19.3. The summed E-state index contributed by atoms with van der Waals surface area (Å²) in [7, 11) is 0. The highest BCUT2D eigenvalue weighted by Crippen LogP contribution is 2.07. The molecule has 2 heterocycles. The number of hydrogen-bond donors (Lipinski definition) is 2. The summed E-state index contributed by atoms with van der Waals surface area (Å²) in [5.41, 5.74) is 1.69. The van der Waals surface area contributed by atoms with Crippen molar-refractivity contribution in [1.29, 1.82) is 0 Å². The lowest BCUT2D eigenvalue weighted by atomic mass is 10.2. The zero-order chi connectivity index (χ0) is 18.1. The predicted octanol–water partition coefficient (Wildman–Crippen LogP) is -0.0635. The van der Waals surface area contributed by atoms with E-state index in [-0.39, 0.29) is 19.1 Å². The maximum atomic E-state index is 11.8. The van der Waals surface area contributed by atoms with Crippen molar-refractivity contribution in [1.82, 2.24) is 20.1 Å². The average Bonchev–Trinajstić information content (AvgIpc) is 2.53. The minimum Gasteiger partial charge on any atom is -0.480 e. The number of carboxylic acids is 1. The smallest absolute Gasteiger partial charge is 0.320 e.